The zero-order valence-electron chi connectivity index (χ0n) is 11.2. The van der Waals surface area contributed by atoms with Crippen molar-refractivity contribution in [3.63, 3.8) is 0 Å². The number of morpholine rings is 1. The van der Waals surface area contributed by atoms with Crippen LogP contribution in [0.25, 0.3) is 0 Å². The van der Waals surface area contributed by atoms with E-state index in [9.17, 15) is 4.79 Å². The molecule has 0 aromatic carbocycles. The van der Waals surface area contributed by atoms with Crippen LogP contribution < -0.4 is 5.32 Å². The summed E-state index contributed by atoms with van der Waals surface area (Å²) in [6, 6.07) is 3.10. The molecule has 20 heavy (non-hydrogen) atoms. The van der Waals surface area contributed by atoms with Gasteiger partial charge in [-0.05, 0) is 18.7 Å². The minimum absolute atomic E-state index is 0.00869. The molecule has 5 nitrogen and oxygen atoms in total. The van der Waals surface area contributed by atoms with Gasteiger partial charge in [0.25, 0.3) is 5.91 Å². The normalized spacial score (nSPS) is 19.9. The number of aromatic nitrogens is 1. The van der Waals surface area contributed by atoms with Crippen molar-refractivity contribution in [2.75, 3.05) is 32.8 Å². The lowest BCUT2D eigenvalue weighted by molar-refractivity contribution is -0.0246. The molecular formula is C13H17Cl2N3O2. The molecule has 0 spiro atoms. The van der Waals surface area contributed by atoms with Gasteiger partial charge in [-0.1, -0.05) is 30.1 Å². The molecule has 1 unspecified atom stereocenters. The summed E-state index contributed by atoms with van der Waals surface area (Å²) in [5.41, 5.74) is 0.141. The van der Waals surface area contributed by atoms with Crippen molar-refractivity contribution in [2.45, 2.75) is 13.0 Å². The Bertz CT molecular complexity index is 485. The van der Waals surface area contributed by atoms with Crippen LogP contribution in [0.2, 0.25) is 10.2 Å². The predicted octanol–water partition coefficient (Wildman–Crippen LogP) is 1.84. The number of pyridine rings is 1. The van der Waals surface area contributed by atoms with Gasteiger partial charge in [-0.25, -0.2) is 4.98 Å². The Morgan fingerprint density at radius 2 is 2.35 bits per heavy atom. The van der Waals surface area contributed by atoms with E-state index in [2.05, 4.69) is 22.1 Å². The fourth-order valence-corrected chi connectivity index (χ4v) is 2.40. The Labute approximate surface area is 128 Å². The molecule has 1 saturated heterocycles. The van der Waals surface area contributed by atoms with Crippen LogP contribution in [-0.4, -0.2) is 54.7 Å². The third kappa shape index (κ3) is 4.06. The fourth-order valence-electron chi connectivity index (χ4n) is 2.06. The maximum Gasteiger partial charge on any atom is 0.271 e. The van der Waals surface area contributed by atoms with Crippen LogP contribution >= 0.6 is 23.2 Å². The first-order chi connectivity index (χ1) is 9.60. The lowest BCUT2D eigenvalue weighted by Gasteiger charge is -2.32. The van der Waals surface area contributed by atoms with Crippen LogP contribution in [0.15, 0.2) is 12.1 Å². The summed E-state index contributed by atoms with van der Waals surface area (Å²) in [5, 5.41) is 3.31. The van der Waals surface area contributed by atoms with Crippen molar-refractivity contribution < 1.29 is 9.53 Å². The van der Waals surface area contributed by atoms with Gasteiger partial charge in [-0.2, -0.15) is 0 Å². The molecule has 0 aliphatic carbocycles. The number of likely N-dealkylation sites (N-methyl/N-ethyl adjacent to an activating group) is 1. The van der Waals surface area contributed by atoms with Gasteiger partial charge in [0.2, 0.25) is 0 Å². The molecule has 0 saturated carbocycles. The third-order valence-corrected chi connectivity index (χ3v) is 3.70. The second-order valence-electron chi connectivity index (χ2n) is 4.56. The van der Waals surface area contributed by atoms with Crippen LogP contribution in [0, 0.1) is 0 Å². The zero-order chi connectivity index (χ0) is 14.5. The molecule has 1 fully saturated rings. The lowest BCUT2D eigenvalue weighted by atomic mass is 10.2. The van der Waals surface area contributed by atoms with Crippen LogP contribution in [0.5, 0.6) is 0 Å². The first kappa shape index (κ1) is 15.5. The molecule has 7 heteroatoms. The number of carbonyl (C=O) groups excluding carboxylic acids is 1. The van der Waals surface area contributed by atoms with Gasteiger partial charge in [0.1, 0.15) is 10.8 Å². The van der Waals surface area contributed by atoms with Gasteiger partial charge < -0.3 is 10.1 Å². The molecule has 1 amide bonds. The van der Waals surface area contributed by atoms with Crippen LogP contribution in [0.1, 0.15) is 17.4 Å². The molecule has 1 aromatic heterocycles. The highest BCUT2D eigenvalue weighted by atomic mass is 35.5. The highest BCUT2D eigenvalue weighted by Gasteiger charge is 2.21. The molecule has 2 rings (SSSR count). The van der Waals surface area contributed by atoms with Crippen molar-refractivity contribution in [3.8, 4) is 0 Å². The molecule has 0 bridgehead atoms. The summed E-state index contributed by atoms with van der Waals surface area (Å²) in [4.78, 5) is 18.2. The van der Waals surface area contributed by atoms with E-state index >= 15 is 0 Å². The van der Waals surface area contributed by atoms with E-state index in [0.29, 0.717) is 13.2 Å². The Morgan fingerprint density at radius 1 is 1.55 bits per heavy atom. The van der Waals surface area contributed by atoms with Gasteiger partial charge in [-0.15, -0.1) is 0 Å². The molecule has 1 aromatic rings. The summed E-state index contributed by atoms with van der Waals surface area (Å²) in [7, 11) is 0. The number of rotatable bonds is 4. The quantitative estimate of drug-likeness (QED) is 0.861. The highest BCUT2D eigenvalue weighted by molar-refractivity contribution is 6.34. The molecule has 1 aliphatic rings. The number of hydrogen-bond donors (Lipinski definition) is 1. The standard InChI is InChI=1S/C13H17Cl2N3O2/c1-2-18-5-6-20-9(8-18)7-16-13(19)12-10(14)3-4-11(15)17-12/h3-4,9H,2,5-8H2,1H3,(H,16,19). The van der Waals surface area contributed by atoms with Crippen molar-refractivity contribution in [3.05, 3.63) is 28.0 Å². The number of halogens is 2. The SMILES string of the molecule is CCN1CCOC(CNC(=O)c2nc(Cl)ccc2Cl)C1. The number of hydrogen-bond acceptors (Lipinski definition) is 4. The second kappa shape index (κ2) is 7.22. The van der Waals surface area contributed by atoms with Crippen LogP contribution in [0.3, 0.4) is 0 Å². The molecule has 110 valence electrons. The Morgan fingerprint density at radius 3 is 3.10 bits per heavy atom. The smallest absolute Gasteiger partial charge is 0.271 e. The number of nitrogens with zero attached hydrogens (tertiary/aromatic N) is 2. The van der Waals surface area contributed by atoms with E-state index in [-0.39, 0.29) is 27.9 Å². The van der Waals surface area contributed by atoms with Gasteiger partial charge >= 0.3 is 0 Å². The van der Waals surface area contributed by atoms with E-state index in [4.69, 9.17) is 27.9 Å². The van der Waals surface area contributed by atoms with Crippen molar-refractivity contribution >= 4 is 29.1 Å². The number of carbonyl (C=O) groups is 1. The fraction of sp³-hybridized carbons (Fsp3) is 0.538. The molecule has 2 heterocycles. The first-order valence-corrected chi connectivity index (χ1v) is 7.30. The summed E-state index contributed by atoms with van der Waals surface area (Å²) in [6.45, 7) is 5.95. The monoisotopic (exact) mass is 317 g/mol. The van der Waals surface area contributed by atoms with Gasteiger partial charge in [-0.3, -0.25) is 9.69 Å². The minimum Gasteiger partial charge on any atom is -0.374 e. The average Bonchev–Trinajstić information content (AvgIpc) is 2.47. The highest BCUT2D eigenvalue weighted by Crippen LogP contribution is 2.16. The topological polar surface area (TPSA) is 54.5 Å². The number of nitrogens with one attached hydrogen (secondary N) is 1. The molecular weight excluding hydrogens is 301 g/mol. The third-order valence-electron chi connectivity index (χ3n) is 3.19. The summed E-state index contributed by atoms with van der Waals surface area (Å²) in [5.74, 6) is -0.338. The number of ether oxygens (including phenoxy) is 1. The average molecular weight is 318 g/mol. The second-order valence-corrected chi connectivity index (χ2v) is 5.35. The van der Waals surface area contributed by atoms with E-state index in [1.165, 1.54) is 0 Å². The minimum atomic E-state index is -0.338. The summed E-state index contributed by atoms with van der Waals surface area (Å²) in [6.07, 6.45) is -0.00869. The molecule has 1 N–H and O–H groups in total. The lowest BCUT2D eigenvalue weighted by Crippen LogP contribution is -2.47. The molecule has 0 radical (unpaired) electrons. The Kier molecular flexibility index (Phi) is 5.60. The predicted molar refractivity (Wildman–Crippen MR) is 78.4 cm³/mol. The van der Waals surface area contributed by atoms with Gasteiger partial charge in [0.15, 0.2) is 0 Å². The Hall–Kier alpha value is -0.880. The van der Waals surface area contributed by atoms with Gasteiger partial charge in [0.05, 0.1) is 17.7 Å². The summed E-state index contributed by atoms with van der Waals surface area (Å²) < 4.78 is 5.61. The van der Waals surface area contributed by atoms with Gasteiger partial charge in [0, 0.05) is 19.6 Å². The largest absolute Gasteiger partial charge is 0.374 e. The first-order valence-electron chi connectivity index (χ1n) is 6.54. The van der Waals surface area contributed by atoms with Crippen molar-refractivity contribution in [1.29, 1.82) is 0 Å². The zero-order valence-corrected chi connectivity index (χ0v) is 12.7. The van der Waals surface area contributed by atoms with E-state index in [0.717, 1.165) is 19.6 Å². The van der Waals surface area contributed by atoms with Crippen LogP contribution in [0.4, 0.5) is 0 Å². The molecule has 1 aliphatic heterocycles. The number of amides is 1. The van der Waals surface area contributed by atoms with E-state index in [1.807, 2.05) is 0 Å². The molecule has 1 atom stereocenters. The van der Waals surface area contributed by atoms with E-state index in [1.54, 1.807) is 12.1 Å². The van der Waals surface area contributed by atoms with E-state index < -0.39 is 0 Å². The van der Waals surface area contributed by atoms with Crippen LogP contribution in [-0.2, 0) is 4.74 Å². The van der Waals surface area contributed by atoms with Crippen molar-refractivity contribution in [2.24, 2.45) is 0 Å². The maximum atomic E-state index is 12.0. The summed E-state index contributed by atoms with van der Waals surface area (Å²) >= 11 is 11.7. The maximum absolute atomic E-state index is 12.0. The van der Waals surface area contributed by atoms with Crippen molar-refractivity contribution in [1.82, 2.24) is 15.2 Å². The Balaban J connectivity index is 1.90.